The number of carbonyl (C=O) groups excluding carboxylic acids is 2. The van der Waals surface area contributed by atoms with E-state index >= 15 is 0 Å². The van der Waals surface area contributed by atoms with Crippen molar-refractivity contribution in [3.05, 3.63) is 18.2 Å². The van der Waals surface area contributed by atoms with Crippen molar-refractivity contribution in [2.24, 2.45) is 0 Å². The van der Waals surface area contributed by atoms with Gasteiger partial charge in [-0.2, -0.15) is 0 Å². The SMILES string of the molecule is O=C(NCCO)Nc1cccc(NC(=O)NCCO)c1O. The maximum atomic E-state index is 11.4. The summed E-state index contributed by atoms with van der Waals surface area (Å²) < 4.78 is 0. The van der Waals surface area contributed by atoms with E-state index in [0.29, 0.717) is 0 Å². The summed E-state index contributed by atoms with van der Waals surface area (Å²) in [5, 5.41) is 36.6. The van der Waals surface area contributed by atoms with Gasteiger partial charge in [0.05, 0.1) is 24.6 Å². The number of hydrogen-bond acceptors (Lipinski definition) is 5. The standard InChI is InChI=1S/C12H18N4O5/c17-6-4-13-11(20)15-8-2-1-3-9(10(8)19)16-12(21)14-5-7-18/h1-3,17-19H,4-7H2,(H2,13,15,20)(H2,14,16,21). The molecule has 116 valence electrons. The summed E-state index contributed by atoms with van der Waals surface area (Å²) in [6, 6.07) is 3.24. The Morgan fingerprint density at radius 1 is 0.905 bits per heavy atom. The van der Waals surface area contributed by atoms with E-state index in [2.05, 4.69) is 21.3 Å². The topological polar surface area (TPSA) is 143 Å². The fraction of sp³-hybridized carbons (Fsp3) is 0.333. The lowest BCUT2D eigenvalue weighted by Crippen LogP contribution is -2.31. The maximum absolute atomic E-state index is 11.4. The van der Waals surface area contributed by atoms with Gasteiger partial charge in [0.15, 0.2) is 5.75 Å². The van der Waals surface area contributed by atoms with Crippen LogP contribution in [0.15, 0.2) is 18.2 Å². The van der Waals surface area contributed by atoms with Crippen LogP contribution in [0.3, 0.4) is 0 Å². The summed E-state index contributed by atoms with van der Waals surface area (Å²) in [5.74, 6) is -0.309. The molecular weight excluding hydrogens is 280 g/mol. The molecule has 0 aromatic heterocycles. The zero-order valence-electron chi connectivity index (χ0n) is 11.2. The Kier molecular flexibility index (Phi) is 6.78. The average molecular weight is 298 g/mol. The number of amides is 4. The monoisotopic (exact) mass is 298 g/mol. The molecule has 0 radical (unpaired) electrons. The van der Waals surface area contributed by atoms with Gasteiger partial charge in [-0.15, -0.1) is 0 Å². The Morgan fingerprint density at radius 3 is 1.71 bits per heavy atom. The first-order valence-corrected chi connectivity index (χ1v) is 6.22. The minimum absolute atomic E-state index is 0.0775. The largest absolute Gasteiger partial charge is 0.504 e. The lowest BCUT2D eigenvalue weighted by Gasteiger charge is -2.12. The number of para-hydroxylation sites is 1. The molecule has 0 spiro atoms. The third-order valence-electron chi connectivity index (χ3n) is 2.33. The van der Waals surface area contributed by atoms with Crippen LogP contribution in [-0.4, -0.2) is 53.7 Å². The van der Waals surface area contributed by atoms with E-state index < -0.39 is 12.1 Å². The molecule has 0 saturated carbocycles. The number of rotatable bonds is 6. The number of phenols is 1. The molecular formula is C12H18N4O5. The first kappa shape index (κ1) is 16.5. The molecule has 0 bridgehead atoms. The molecule has 9 heteroatoms. The molecule has 0 aliphatic heterocycles. The van der Waals surface area contributed by atoms with E-state index in [1.807, 2.05) is 0 Å². The Balaban J connectivity index is 2.69. The van der Waals surface area contributed by atoms with E-state index in [0.717, 1.165) is 0 Å². The van der Waals surface area contributed by atoms with Crippen molar-refractivity contribution in [3.63, 3.8) is 0 Å². The summed E-state index contributed by atoms with van der Waals surface area (Å²) in [5.41, 5.74) is 0.204. The molecule has 9 nitrogen and oxygen atoms in total. The number of phenolic OH excluding ortho intramolecular Hbond substituents is 1. The van der Waals surface area contributed by atoms with Gasteiger partial charge in [-0.3, -0.25) is 0 Å². The van der Waals surface area contributed by atoms with Gasteiger partial charge >= 0.3 is 12.1 Å². The number of aliphatic hydroxyl groups excluding tert-OH is 2. The molecule has 0 unspecified atom stereocenters. The van der Waals surface area contributed by atoms with E-state index in [1.54, 1.807) is 0 Å². The van der Waals surface area contributed by atoms with Crippen molar-refractivity contribution in [1.29, 1.82) is 0 Å². The minimum atomic E-state index is -0.596. The van der Waals surface area contributed by atoms with Crippen LogP contribution in [0.2, 0.25) is 0 Å². The van der Waals surface area contributed by atoms with Gasteiger partial charge in [0, 0.05) is 13.1 Å². The summed E-state index contributed by atoms with van der Waals surface area (Å²) >= 11 is 0. The lowest BCUT2D eigenvalue weighted by molar-refractivity contribution is 0.244. The maximum Gasteiger partial charge on any atom is 0.319 e. The second-order valence-electron chi connectivity index (χ2n) is 3.91. The number of nitrogens with one attached hydrogen (secondary N) is 4. The normalized spacial score (nSPS) is 9.81. The lowest BCUT2D eigenvalue weighted by atomic mass is 10.2. The van der Waals surface area contributed by atoms with Gasteiger partial charge in [-0.25, -0.2) is 9.59 Å². The third-order valence-corrected chi connectivity index (χ3v) is 2.33. The van der Waals surface area contributed by atoms with Crippen molar-refractivity contribution < 1.29 is 24.9 Å². The fourth-order valence-electron chi connectivity index (χ4n) is 1.42. The molecule has 4 amide bonds. The Morgan fingerprint density at radius 2 is 1.33 bits per heavy atom. The third kappa shape index (κ3) is 5.55. The Hall–Kier alpha value is -2.52. The second kappa shape index (κ2) is 8.61. The first-order chi connectivity index (χ1) is 10.1. The molecule has 1 aromatic rings. The first-order valence-electron chi connectivity index (χ1n) is 6.22. The predicted octanol–water partition coefficient (Wildman–Crippen LogP) is -0.380. The number of carbonyl (C=O) groups is 2. The molecule has 0 aliphatic rings. The minimum Gasteiger partial charge on any atom is -0.504 e. The van der Waals surface area contributed by atoms with Gasteiger partial charge in [0.2, 0.25) is 0 Å². The number of aromatic hydroxyl groups is 1. The Labute approximate surface area is 121 Å². The average Bonchev–Trinajstić information content (AvgIpc) is 2.47. The van der Waals surface area contributed by atoms with Crippen molar-refractivity contribution in [3.8, 4) is 5.75 Å². The highest BCUT2D eigenvalue weighted by atomic mass is 16.3. The van der Waals surface area contributed by atoms with Gasteiger partial charge in [0.25, 0.3) is 0 Å². The van der Waals surface area contributed by atoms with Crippen LogP contribution in [0.4, 0.5) is 21.0 Å². The van der Waals surface area contributed by atoms with Crippen molar-refractivity contribution >= 4 is 23.4 Å². The predicted molar refractivity (Wildman–Crippen MR) is 76.3 cm³/mol. The molecule has 0 heterocycles. The molecule has 21 heavy (non-hydrogen) atoms. The van der Waals surface area contributed by atoms with Gasteiger partial charge in [-0.1, -0.05) is 6.07 Å². The molecule has 1 aromatic carbocycles. The number of aliphatic hydroxyl groups is 2. The zero-order valence-corrected chi connectivity index (χ0v) is 11.2. The molecule has 0 aliphatic carbocycles. The molecule has 0 saturated heterocycles. The van der Waals surface area contributed by atoms with Crippen LogP contribution in [0, 0.1) is 0 Å². The number of anilines is 2. The van der Waals surface area contributed by atoms with E-state index in [9.17, 15) is 14.7 Å². The highest BCUT2D eigenvalue weighted by molar-refractivity contribution is 5.96. The van der Waals surface area contributed by atoms with Crippen LogP contribution in [0.5, 0.6) is 5.75 Å². The Bertz CT molecular complexity index is 454. The molecule has 0 atom stereocenters. The van der Waals surface area contributed by atoms with Gasteiger partial charge in [-0.05, 0) is 12.1 Å². The van der Waals surface area contributed by atoms with Crippen molar-refractivity contribution in [1.82, 2.24) is 10.6 Å². The van der Waals surface area contributed by atoms with Crippen LogP contribution in [0.1, 0.15) is 0 Å². The second-order valence-corrected chi connectivity index (χ2v) is 3.91. The van der Waals surface area contributed by atoms with Crippen LogP contribution >= 0.6 is 0 Å². The molecule has 0 fully saturated rings. The van der Waals surface area contributed by atoms with E-state index in [4.69, 9.17) is 10.2 Å². The van der Waals surface area contributed by atoms with E-state index in [1.165, 1.54) is 18.2 Å². The molecule has 1 rings (SSSR count). The van der Waals surface area contributed by atoms with Crippen LogP contribution in [0.25, 0.3) is 0 Å². The summed E-state index contributed by atoms with van der Waals surface area (Å²) in [4.78, 5) is 22.9. The summed E-state index contributed by atoms with van der Waals surface area (Å²) in [7, 11) is 0. The fourth-order valence-corrected chi connectivity index (χ4v) is 1.42. The smallest absolute Gasteiger partial charge is 0.319 e. The highest BCUT2D eigenvalue weighted by Gasteiger charge is 2.11. The quantitative estimate of drug-likeness (QED) is 0.358. The van der Waals surface area contributed by atoms with Crippen LogP contribution < -0.4 is 21.3 Å². The zero-order chi connectivity index (χ0) is 15.7. The van der Waals surface area contributed by atoms with Crippen LogP contribution in [-0.2, 0) is 0 Å². The van der Waals surface area contributed by atoms with Crippen molar-refractivity contribution in [2.75, 3.05) is 36.9 Å². The summed E-state index contributed by atoms with van der Waals surface area (Å²) in [6.07, 6.45) is 0. The summed E-state index contributed by atoms with van der Waals surface area (Å²) in [6.45, 7) is -0.250. The van der Waals surface area contributed by atoms with Gasteiger partial charge < -0.3 is 36.6 Å². The van der Waals surface area contributed by atoms with Gasteiger partial charge in [0.1, 0.15) is 0 Å². The highest BCUT2D eigenvalue weighted by Crippen LogP contribution is 2.31. The molecule has 7 N–H and O–H groups in total. The number of urea groups is 2. The van der Waals surface area contributed by atoms with E-state index in [-0.39, 0.29) is 43.4 Å². The number of benzene rings is 1. The number of hydrogen-bond donors (Lipinski definition) is 7. The van der Waals surface area contributed by atoms with Crippen molar-refractivity contribution in [2.45, 2.75) is 0 Å².